The maximum absolute atomic E-state index is 6.29. The molecule has 0 amide bonds. The van der Waals surface area contributed by atoms with Crippen LogP contribution in [0.25, 0.3) is 0 Å². The Bertz CT molecular complexity index is 269. The Morgan fingerprint density at radius 3 is 2.54 bits per heavy atom. The van der Waals surface area contributed by atoms with Crippen molar-refractivity contribution in [2.75, 3.05) is 0 Å². The van der Waals surface area contributed by atoms with Crippen molar-refractivity contribution in [1.29, 1.82) is 0 Å². The molecule has 0 bridgehead atoms. The van der Waals surface area contributed by atoms with Crippen LogP contribution in [0.1, 0.15) is 12.5 Å². The van der Waals surface area contributed by atoms with Crippen molar-refractivity contribution in [1.82, 2.24) is 0 Å². The molecule has 0 aliphatic rings. The van der Waals surface area contributed by atoms with E-state index in [0.717, 1.165) is 12.1 Å². The first-order valence-corrected chi connectivity index (χ1v) is 7.88. The predicted octanol–water partition coefficient (Wildman–Crippen LogP) is 3.31. The van der Waals surface area contributed by atoms with Crippen molar-refractivity contribution >= 4 is 19.2 Å². The van der Waals surface area contributed by atoms with Crippen LogP contribution in [-0.2, 0) is 6.04 Å². The highest BCUT2D eigenvalue weighted by molar-refractivity contribution is 7.06. The third-order valence-corrected chi connectivity index (χ3v) is 4.85. The van der Waals surface area contributed by atoms with E-state index in [4.69, 9.17) is 11.1 Å². The summed E-state index contributed by atoms with van der Waals surface area (Å²) in [5.41, 5.74) is 2.57. The third-order valence-electron chi connectivity index (χ3n) is 1.87. The molecular formula is C11H15ClSi. The van der Waals surface area contributed by atoms with E-state index in [1.807, 2.05) is 13.0 Å². The van der Waals surface area contributed by atoms with E-state index in [2.05, 4.69) is 30.8 Å². The van der Waals surface area contributed by atoms with E-state index in [1.54, 1.807) is 0 Å². The second-order valence-electron chi connectivity index (χ2n) is 3.45. The van der Waals surface area contributed by atoms with Gasteiger partial charge in [-0.05, 0) is 24.6 Å². The van der Waals surface area contributed by atoms with Crippen LogP contribution in [-0.4, -0.2) is 8.11 Å². The van der Waals surface area contributed by atoms with Gasteiger partial charge in [0.15, 0.2) is 0 Å². The maximum atomic E-state index is 6.29. The molecule has 1 aromatic rings. The van der Waals surface area contributed by atoms with Gasteiger partial charge >= 0.3 is 0 Å². The lowest BCUT2D eigenvalue weighted by molar-refractivity contribution is 1.31. The molecule has 0 aliphatic carbocycles. The topological polar surface area (TPSA) is 0 Å². The summed E-state index contributed by atoms with van der Waals surface area (Å²) in [6.07, 6.45) is 0. The predicted molar refractivity (Wildman–Crippen MR) is 62.8 cm³/mol. The number of hydrogen-bond donors (Lipinski definition) is 0. The Kier molecular flexibility index (Phi) is 4.26. The first-order valence-electron chi connectivity index (χ1n) is 4.51. The first-order chi connectivity index (χ1) is 6.18. The maximum Gasteiger partial charge on any atom is 0.149 e. The third kappa shape index (κ3) is 4.30. The minimum absolute atomic E-state index is 1.04. The molecule has 13 heavy (non-hydrogen) atoms. The second-order valence-corrected chi connectivity index (χ2v) is 7.31. The van der Waals surface area contributed by atoms with E-state index in [1.165, 1.54) is 11.1 Å². The Hall–Kier alpha value is -0.533. The number of benzene rings is 1. The van der Waals surface area contributed by atoms with E-state index in [-0.39, 0.29) is 0 Å². The molecule has 0 nitrogen and oxygen atoms in total. The van der Waals surface area contributed by atoms with Gasteiger partial charge in [-0.25, -0.2) is 0 Å². The van der Waals surface area contributed by atoms with Crippen molar-refractivity contribution in [2.45, 2.75) is 19.0 Å². The van der Waals surface area contributed by atoms with Gasteiger partial charge in [0.05, 0.1) is 0 Å². The van der Waals surface area contributed by atoms with Crippen LogP contribution in [0.5, 0.6) is 0 Å². The molecule has 0 saturated carbocycles. The fraction of sp³-hybridized carbons (Fsp3) is 0.273. The average Bonchev–Trinajstić information content (AvgIpc) is 2.04. The lowest BCUT2D eigenvalue weighted by Crippen LogP contribution is -2.08. The average molecular weight is 211 g/mol. The van der Waals surface area contributed by atoms with Crippen LogP contribution in [0, 0.1) is 0 Å². The summed E-state index contributed by atoms with van der Waals surface area (Å²) in [6.45, 7) is 5.94. The van der Waals surface area contributed by atoms with Crippen molar-refractivity contribution < 1.29 is 0 Å². The smallest absolute Gasteiger partial charge is 0.149 e. The lowest BCUT2D eigenvalue weighted by atomic mass is 10.2. The fourth-order valence-corrected chi connectivity index (χ4v) is 4.33. The molecule has 0 N–H and O–H groups in total. The molecule has 2 heteroatoms. The highest BCUT2D eigenvalue weighted by Crippen LogP contribution is 2.12. The number of hydrogen-bond acceptors (Lipinski definition) is 0. The monoisotopic (exact) mass is 210 g/mol. The number of allylic oxidation sites excluding steroid dienone is 1. The van der Waals surface area contributed by atoms with Crippen molar-refractivity contribution in [2.24, 2.45) is 0 Å². The van der Waals surface area contributed by atoms with Gasteiger partial charge in [0.25, 0.3) is 0 Å². The molecule has 1 atom stereocenters. The molecule has 1 aromatic carbocycles. The molecule has 0 saturated heterocycles. The summed E-state index contributed by atoms with van der Waals surface area (Å²) in [5, 5.41) is 0. The summed E-state index contributed by atoms with van der Waals surface area (Å²) in [6, 6.07) is 12.5. The Morgan fingerprint density at radius 2 is 2.00 bits per heavy atom. The first kappa shape index (κ1) is 10.5. The molecule has 70 valence electrons. The van der Waals surface area contributed by atoms with Crippen molar-refractivity contribution in [3.63, 3.8) is 0 Å². The van der Waals surface area contributed by atoms with Crippen molar-refractivity contribution in [3.05, 3.63) is 48.0 Å². The largest absolute Gasteiger partial charge is 0.171 e. The van der Waals surface area contributed by atoms with Crippen LogP contribution in [0.15, 0.2) is 42.5 Å². The van der Waals surface area contributed by atoms with Crippen LogP contribution >= 0.6 is 11.1 Å². The molecule has 0 fully saturated rings. The minimum Gasteiger partial charge on any atom is -0.171 e. The molecule has 0 heterocycles. The van der Waals surface area contributed by atoms with Gasteiger partial charge in [-0.15, -0.1) is 6.58 Å². The Morgan fingerprint density at radius 1 is 1.38 bits per heavy atom. The fourth-order valence-electron chi connectivity index (χ4n) is 1.32. The molecular weight excluding hydrogens is 196 g/mol. The zero-order chi connectivity index (χ0) is 9.68. The standard InChI is InChI=1S/C11H15ClSi/c1-10(2)8-13(12)9-11-6-4-3-5-7-11/h3-7,13H,1,8-9H2,2H3. The van der Waals surface area contributed by atoms with Crippen LogP contribution in [0.4, 0.5) is 0 Å². The molecule has 0 aliphatic heterocycles. The number of rotatable bonds is 4. The molecule has 0 spiro atoms. The summed E-state index contributed by atoms with van der Waals surface area (Å²) >= 11 is 6.29. The van der Waals surface area contributed by atoms with E-state index in [0.29, 0.717) is 0 Å². The Labute approximate surface area is 86.6 Å². The highest BCUT2D eigenvalue weighted by Gasteiger charge is 2.07. The van der Waals surface area contributed by atoms with Crippen molar-refractivity contribution in [3.8, 4) is 0 Å². The van der Waals surface area contributed by atoms with Gasteiger partial charge < -0.3 is 0 Å². The Balaban J connectivity index is 2.45. The van der Waals surface area contributed by atoms with Gasteiger partial charge in [0, 0.05) is 0 Å². The van der Waals surface area contributed by atoms with E-state index >= 15 is 0 Å². The normalized spacial score (nSPS) is 12.5. The van der Waals surface area contributed by atoms with Gasteiger partial charge in [-0.1, -0.05) is 35.9 Å². The summed E-state index contributed by atoms with van der Waals surface area (Å²) in [5.74, 6) is 0. The van der Waals surface area contributed by atoms with Gasteiger partial charge in [0.2, 0.25) is 0 Å². The summed E-state index contributed by atoms with van der Waals surface area (Å²) < 4.78 is 0. The van der Waals surface area contributed by atoms with E-state index in [9.17, 15) is 0 Å². The summed E-state index contributed by atoms with van der Waals surface area (Å²) in [7, 11) is -1.11. The molecule has 0 radical (unpaired) electrons. The van der Waals surface area contributed by atoms with Crippen LogP contribution in [0.2, 0.25) is 6.04 Å². The second kappa shape index (κ2) is 5.25. The lowest BCUT2D eigenvalue weighted by Gasteiger charge is -2.06. The van der Waals surface area contributed by atoms with Gasteiger partial charge in [0.1, 0.15) is 8.11 Å². The number of halogens is 1. The zero-order valence-corrected chi connectivity index (χ0v) is 9.87. The zero-order valence-electron chi connectivity index (χ0n) is 7.96. The van der Waals surface area contributed by atoms with E-state index < -0.39 is 8.11 Å². The SMILES string of the molecule is C=C(C)C[SiH](Cl)Cc1ccccc1. The minimum atomic E-state index is -1.11. The summed E-state index contributed by atoms with van der Waals surface area (Å²) in [4.78, 5) is 0. The highest BCUT2D eigenvalue weighted by atomic mass is 35.6. The van der Waals surface area contributed by atoms with Gasteiger partial charge in [-0.2, -0.15) is 11.1 Å². The molecule has 0 aromatic heterocycles. The molecule has 1 rings (SSSR count). The van der Waals surface area contributed by atoms with Gasteiger partial charge in [-0.3, -0.25) is 0 Å². The van der Waals surface area contributed by atoms with Crippen LogP contribution in [0.3, 0.4) is 0 Å². The quantitative estimate of drug-likeness (QED) is 0.407. The van der Waals surface area contributed by atoms with Crippen LogP contribution < -0.4 is 0 Å². The molecule has 1 unspecified atom stereocenters.